The smallest absolute Gasteiger partial charge is 0.321 e. The highest BCUT2D eigenvalue weighted by Crippen LogP contribution is 2.13. The molecule has 2 unspecified atom stereocenters. The van der Waals surface area contributed by atoms with Gasteiger partial charge in [0.2, 0.25) is 0 Å². The van der Waals surface area contributed by atoms with E-state index in [2.05, 4.69) is 6.55 Å². The van der Waals surface area contributed by atoms with Crippen molar-refractivity contribution in [3.8, 4) is 0 Å². The molecule has 0 amide bonds. The molecule has 0 rings (SSSR count). The molecule has 0 radical (unpaired) electrons. The summed E-state index contributed by atoms with van der Waals surface area (Å²) in [6.07, 6.45) is 1.87. The highest BCUT2D eigenvalue weighted by Gasteiger charge is 2.28. The molecule has 14 heavy (non-hydrogen) atoms. The predicted octanol–water partition coefficient (Wildman–Crippen LogP) is 0.119. The first-order valence-corrected chi connectivity index (χ1v) is 10.3. The number of rotatable bonds is 8. The second-order valence-corrected chi connectivity index (χ2v) is 9.92. The fourth-order valence-electron chi connectivity index (χ4n) is 1.39. The third-order valence-corrected chi connectivity index (χ3v) is 8.26. The Morgan fingerprint density at radius 1 is 1.29 bits per heavy atom. The first kappa shape index (κ1) is 14.3. The molecule has 0 aliphatic carbocycles. The van der Waals surface area contributed by atoms with Crippen LogP contribution in [0.25, 0.3) is 0 Å². The molecular formula is C8H24N2O2Si2. The molecule has 0 saturated heterocycles. The van der Waals surface area contributed by atoms with Crippen molar-refractivity contribution in [3.63, 3.8) is 0 Å². The Balaban J connectivity index is 3.70. The second kappa shape index (κ2) is 7.55. The van der Waals surface area contributed by atoms with Crippen molar-refractivity contribution in [3.05, 3.63) is 0 Å². The molecule has 86 valence electrons. The maximum absolute atomic E-state index is 9.98. The van der Waals surface area contributed by atoms with Gasteiger partial charge in [-0.25, -0.2) is 0 Å². The van der Waals surface area contributed by atoms with Crippen LogP contribution in [0.4, 0.5) is 0 Å². The van der Waals surface area contributed by atoms with Crippen LogP contribution >= 0.6 is 0 Å². The Morgan fingerprint density at radius 3 is 2.36 bits per heavy atom. The van der Waals surface area contributed by atoms with Crippen molar-refractivity contribution in [1.82, 2.24) is 0 Å². The van der Waals surface area contributed by atoms with Gasteiger partial charge in [0.15, 0.2) is 9.04 Å². The molecule has 0 fully saturated rings. The minimum Gasteiger partial charge on any atom is -0.439 e. The molecule has 6 heteroatoms. The van der Waals surface area contributed by atoms with Gasteiger partial charge in [0.1, 0.15) is 0 Å². The van der Waals surface area contributed by atoms with Crippen LogP contribution in [0.5, 0.6) is 0 Å². The van der Waals surface area contributed by atoms with Gasteiger partial charge >= 0.3 is 8.56 Å². The Bertz CT molecular complexity index is 147. The third-order valence-electron chi connectivity index (χ3n) is 2.11. The number of hydrogen-bond donors (Lipinski definition) is 3. The molecule has 0 spiro atoms. The van der Waals surface area contributed by atoms with E-state index in [4.69, 9.17) is 15.6 Å². The van der Waals surface area contributed by atoms with Gasteiger partial charge in [0.05, 0.1) is 0 Å². The van der Waals surface area contributed by atoms with Crippen LogP contribution in [-0.4, -0.2) is 35.5 Å². The van der Waals surface area contributed by atoms with Gasteiger partial charge in [0, 0.05) is 0 Å². The van der Waals surface area contributed by atoms with Crippen molar-refractivity contribution in [2.45, 2.75) is 38.0 Å². The summed E-state index contributed by atoms with van der Waals surface area (Å²) < 4.78 is 5.76. The summed E-state index contributed by atoms with van der Waals surface area (Å²) >= 11 is 0. The maximum Gasteiger partial charge on any atom is 0.321 e. The quantitative estimate of drug-likeness (QED) is 0.523. The molecule has 0 aliphatic heterocycles. The summed E-state index contributed by atoms with van der Waals surface area (Å²) in [4.78, 5) is 9.98. The van der Waals surface area contributed by atoms with E-state index in [1.807, 2.05) is 6.55 Å². The molecule has 0 heterocycles. The third kappa shape index (κ3) is 7.66. The molecule has 0 aromatic heterocycles. The summed E-state index contributed by atoms with van der Waals surface area (Å²) in [5, 5.41) is 0. The zero-order valence-corrected chi connectivity index (χ0v) is 11.5. The zero-order valence-electron chi connectivity index (χ0n) is 9.33. The van der Waals surface area contributed by atoms with Crippen LogP contribution in [0.1, 0.15) is 12.8 Å². The van der Waals surface area contributed by atoms with Crippen LogP contribution in [0.3, 0.4) is 0 Å². The summed E-state index contributed by atoms with van der Waals surface area (Å²) in [7, 11) is -3.59. The van der Waals surface area contributed by atoms with Gasteiger partial charge in [0.25, 0.3) is 0 Å². The van der Waals surface area contributed by atoms with Crippen LogP contribution < -0.4 is 11.5 Å². The fraction of sp³-hybridized carbons (Fsp3) is 1.00. The van der Waals surface area contributed by atoms with Crippen LogP contribution in [0.2, 0.25) is 25.2 Å². The molecule has 5 N–H and O–H groups in total. The summed E-state index contributed by atoms with van der Waals surface area (Å²) in [6.45, 7) is 5.33. The Labute approximate surface area is 89.6 Å². The highest BCUT2D eigenvalue weighted by molar-refractivity contribution is 6.73. The standard InChI is InChI=1S/C8H24N2O2Si2/c1-13(7-3-5-9)12-14(2,11)8-4-6-10/h11,13H,3-10H2,1-2H3. The molecule has 2 atom stereocenters. The molecule has 0 bridgehead atoms. The van der Waals surface area contributed by atoms with Crippen molar-refractivity contribution >= 4 is 17.6 Å². The lowest BCUT2D eigenvalue weighted by atomic mass is 10.5. The van der Waals surface area contributed by atoms with E-state index in [1.54, 1.807) is 0 Å². The molecule has 0 aromatic rings. The van der Waals surface area contributed by atoms with Gasteiger partial charge in [-0.3, -0.25) is 0 Å². The van der Waals surface area contributed by atoms with Crippen molar-refractivity contribution in [2.75, 3.05) is 13.1 Å². The monoisotopic (exact) mass is 236 g/mol. The van der Waals surface area contributed by atoms with Crippen LogP contribution in [0.15, 0.2) is 0 Å². The lowest BCUT2D eigenvalue weighted by molar-refractivity contribution is 0.381. The van der Waals surface area contributed by atoms with Gasteiger partial charge < -0.3 is 20.4 Å². The SMILES string of the molecule is C[SiH](CCCN)O[Si](C)(O)CCCN. The first-order chi connectivity index (χ1) is 6.52. The molecule has 4 nitrogen and oxygen atoms in total. The van der Waals surface area contributed by atoms with E-state index >= 15 is 0 Å². The van der Waals surface area contributed by atoms with E-state index in [9.17, 15) is 4.80 Å². The van der Waals surface area contributed by atoms with Gasteiger partial charge in [-0.2, -0.15) is 0 Å². The topological polar surface area (TPSA) is 81.5 Å². The lowest BCUT2D eigenvalue weighted by Gasteiger charge is -2.24. The summed E-state index contributed by atoms with van der Waals surface area (Å²) in [6, 6.07) is 1.81. The largest absolute Gasteiger partial charge is 0.439 e. The molecule has 0 aromatic carbocycles. The first-order valence-electron chi connectivity index (χ1n) is 5.32. The van der Waals surface area contributed by atoms with E-state index in [0.717, 1.165) is 24.9 Å². The van der Waals surface area contributed by atoms with Crippen molar-refractivity contribution in [1.29, 1.82) is 0 Å². The Hall–Kier alpha value is 0.274. The van der Waals surface area contributed by atoms with Crippen molar-refractivity contribution in [2.24, 2.45) is 11.5 Å². The lowest BCUT2D eigenvalue weighted by Crippen LogP contribution is -2.40. The zero-order chi connectivity index (χ0) is 11.0. The molecule has 0 saturated carbocycles. The average Bonchev–Trinajstić information content (AvgIpc) is 2.11. The fourth-order valence-corrected chi connectivity index (χ4v) is 7.47. The number of hydrogen-bond acceptors (Lipinski definition) is 4. The summed E-state index contributed by atoms with van der Waals surface area (Å²) in [5.74, 6) is 0. The van der Waals surface area contributed by atoms with Gasteiger partial charge in [-0.1, -0.05) is 0 Å². The van der Waals surface area contributed by atoms with E-state index < -0.39 is 17.6 Å². The van der Waals surface area contributed by atoms with E-state index in [-0.39, 0.29) is 0 Å². The molecule has 0 aliphatic rings. The minimum absolute atomic E-state index is 0.630. The average molecular weight is 236 g/mol. The van der Waals surface area contributed by atoms with Crippen LogP contribution in [0, 0.1) is 0 Å². The summed E-state index contributed by atoms with van der Waals surface area (Å²) in [5.41, 5.74) is 10.8. The Kier molecular flexibility index (Phi) is 7.70. The molecular weight excluding hydrogens is 212 g/mol. The normalized spacial score (nSPS) is 17.8. The van der Waals surface area contributed by atoms with Crippen LogP contribution in [-0.2, 0) is 4.12 Å². The number of nitrogens with two attached hydrogens (primary N) is 2. The van der Waals surface area contributed by atoms with E-state index in [1.165, 1.54) is 0 Å². The predicted molar refractivity (Wildman–Crippen MR) is 64.9 cm³/mol. The minimum atomic E-state index is -2.40. The van der Waals surface area contributed by atoms with E-state index in [0.29, 0.717) is 13.1 Å². The Morgan fingerprint density at radius 2 is 1.86 bits per heavy atom. The van der Waals surface area contributed by atoms with Gasteiger partial charge in [-0.05, 0) is 51.1 Å². The van der Waals surface area contributed by atoms with Gasteiger partial charge in [-0.15, -0.1) is 0 Å². The van der Waals surface area contributed by atoms with Crippen molar-refractivity contribution < 1.29 is 8.91 Å². The second-order valence-electron chi connectivity index (χ2n) is 3.93. The highest BCUT2D eigenvalue weighted by atomic mass is 28.4. The maximum atomic E-state index is 9.98.